The highest BCUT2D eigenvalue weighted by molar-refractivity contribution is 7.26. The molecule has 18 heavy (non-hydrogen) atoms. The van der Waals surface area contributed by atoms with Gasteiger partial charge in [-0.25, -0.2) is 0 Å². The summed E-state index contributed by atoms with van der Waals surface area (Å²) in [5, 5.41) is 0.0134. The Hall–Kier alpha value is 0.100. The summed E-state index contributed by atoms with van der Waals surface area (Å²) in [6, 6.07) is 0. The standard InChI is InChI=1S/C16H33OP/c1-6-8-9-10-11-12-13-16(18-17,14(3)4)15(5)7-2/h14-15H,6-13H2,1-5H3. The summed E-state index contributed by atoms with van der Waals surface area (Å²) < 4.78 is 11.7. The molecule has 0 amide bonds. The lowest BCUT2D eigenvalue weighted by molar-refractivity contribution is 0.272. The highest BCUT2D eigenvalue weighted by Crippen LogP contribution is 2.44. The molecule has 2 heteroatoms. The van der Waals surface area contributed by atoms with Crippen LogP contribution in [0.2, 0.25) is 0 Å². The second kappa shape index (κ2) is 9.96. The van der Waals surface area contributed by atoms with Crippen molar-refractivity contribution >= 4 is 8.46 Å². The largest absolute Gasteiger partial charge is 0.274 e. The number of rotatable bonds is 11. The third-order valence-corrected chi connectivity index (χ3v) is 6.09. The summed E-state index contributed by atoms with van der Waals surface area (Å²) in [5.74, 6) is 1.05. The predicted molar refractivity (Wildman–Crippen MR) is 82.6 cm³/mol. The molecule has 0 aromatic rings. The molecule has 2 unspecified atom stereocenters. The van der Waals surface area contributed by atoms with Crippen molar-refractivity contribution in [3.05, 3.63) is 0 Å². The smallest absolute Gasteiger partial charge is 0.162 e. The van der Waals surface area contributed by atoms with E-state index in [2.05, 4.69) is 34.6 Å². The molecule has 0 fully saturated rings. The van der Waals surface area contributed by atoms with Gasteiger partial charge in [0.25, 0.3) is 0 Å². The molecular formula is C16H33OP. The Bertz CT molecular complexity index is 215. The molecular weight excluding hydrogens is 239 g/mol. The summed E-state index contributed by atoms with van der Waals surface area (Å²) in [5.41, 5.74) is 0. The average Bonchev–Trinajstić information content (AvgIpc) is 2.37. The minimum absolute atomic E-state index is 0.0134. The Morgan fingerprint density at radius 1 is 0.944 bits per heavy atom. The van der Waals surface area contributed by atoms with Gasteiger partial charge in [0, 0.05) is 0 Å². The summed E-state index contributed by atoms with van der Waals surface area (Å²) in [4.78, 5) is 0. The first kappa shape index (κ1) is 18.1. The van der Waals surface area contributed by atoms with Crippen LogP contribution >= 0.6 is 8.46 Å². The predicted octanol–water partition coefficient (Wildman–Crippen LogP) is 6.47. The van der Waals surface area contributed by atoms with Crippen molar-refractivity contribution in [3.63, 3.8) is 0 Å². The lowest BCUT2D eigenvalue weighted by atomic mass is 9.78. The van der Waals surface area contributed by atoms with Crippen molar-refractivity contribution in [2.75, 3.05) is 0 Å². The van der Waals surface area contributed by atoms with Gasteiger partial charge in [-0.05, 0) is 18.3 Å². The maximum atomic E-state index is 11.7. The van der Waals surface area contributed by atoms with Crippen LogP contribution < -0.4 is 0 Å². The molecule has 0 aromatic heterocycles. The van der Waals surface area contributed by atoms with E-state index in [0.717, 1.165) is 12.8 Å². The first-order valence-corrected chi connectivity index (χ1v) is 8.70. The van der Waals surface area contributed by atoms with Crippen LogP contribution in [0.3, 0.4) is 0 Å². The lowest BCUT2D eigenvalue weighted by Gasteiger charge is -2.36. The minimum Gasteiger partial charge on any atom is -0.274 e. The molecule has 0 spiro atoms. The molecule has 0 saturated carbocycles. The van der Waals surface area contributed by atoms with E-state index in [4.69, 9.17) is 0 Å². The molecule has 0 aliphatic carbocycles. The Kier molecular flexibility index (Phi) is 10.0. The summed E-state index contributed by atoms with van der Waals surface area (Å²) in [6.07, 6.45) is 10.2. The highest BCUT2D eigenvalue weighted by atomic mass is 31.1. The van der Waals surface area contributed by atoms with Gasteiger partial charge >= 0.3 is 0 Å². The molecule has 1 nitrogen and oxygen atoms in total. The first-order valence-electron chi connectivity index (χ1n) is 7.89. The van der Waals surface area contributed by atoms with Gasteiger partial charge in [0.1, 0.15) is 0 Å². The third kappa shape index (κ3) is 5.39. The molecule has 0 aromatic carbocycles. The van der Waals surface area contributed by atoms with E-state index < -0.39 is 0 Å². The molecule has 0 heterocycles. The SMILES string of the molecule is CCCCCCCCC(P=O)(C(C)C)C(C)CC. The molecule has 0 rings (SSSR count). The molecule has 0 N–H and O–H groups in total. The fraction of sp³-hybridized carbons (Fsp3) is 1.00. The molecule has 108 valence electrons. The van der Waals surface area contributed by atoms with Gasteiger partial charge in [-0.2, -0.15) is 0 Å². The summed E-state index contributed by atoms with van der Waals surface area (Å²) in [7, 11) is 0.363. The van der Waals surface area contributed by atoms with Crippen LogP contribution in [0.15, 0.2) is 0 Å². The molecule has 0 aliphatic rings. The van der Waals surface area contributed by atoms with Crippen molar-refractivity contribution in [2.24, 2.45) is 11.8 Å². The minimum atomic E-state index is 0.0134. The van der Waals surface area contributed by atoms with Crippen LogP contribution in [0.5, 0.6) is 0 Å². The molecule has 0 bridgehead atoms. The van der Waals surface area contributed by atoms with Gasteiger partial charge in [-0.1, -0.05) is 79.6 Å². The Labute approximate surface area is 116 Å². The quantitative estimate of drug-likeness (QED) is 0.311. The van der Waals surface area contributed by atoms with E-state index in [9.17, 15) is 4.57 Å². The lowest BCUT2D eigenvalue weighted by Crippen LogP contribution is -2.36. The van der Waals surface area contributed by atoms with E-state index in [-0.39, 0.29) is 5.16 Å². The summed E-state index contributed by atoms with van der Waals surface area (Å²) in [6.45, 7) is 11.2. The number of hydrogen-bond donors (Lipinski definition) is 0. The molecule has 0 saturated heterocycles. The number of unbranched alkanes of at least 4 members (excludes halogenated alkanes) is 5. The maximum Gasteiger partial charge on any atom is 0.162 e. The zero-order chi connectivity index (χ0) is 14.0. The number of hydrogen-bond acceptors (Lipinski definition) is 1. The molecule has 2 atom stereocenters. The third-order valence-electron chi connectivity index (χ3n) is 4.57. The van der Waals surface area contributed by atoms with Crippen molar-refractivity contribution in [3.8, 4) is 0 Å². The normalized spacial score (nSPS) is 17.0. The fourth-order valence-corrected chi connectivity index (χ4v) is 3.71. The van der Waals surface area contributed by atoms with Gasteiger partial charge in [0.15, 0.2) is 8.46 Å². The Morgan fingerprint density at radius 3 is 1.94 bits per heavy atom. The van der Waals surface area contributed by atoms with Crippen LogP contribution in [-0.4, -0.2) is 5.16 Å². The monoisotopic (exact) mass is 272 g/mol. The van der Waals surface area contributed by atoms with Gasteiger partial charge in [-0.3, -0.25) is 4.57 Å². The van der Waals surface area contributed by atoms with Gasteiger partial charge < -0.3 is 0 Å². The zero-order valence-corrected chi connectivity index (χ0v) is 14.1. The average molecular weight is 272 g/mol. The first-order chi connectivity index (χ1) is 8.55. The Morgan fingerprint density at radius 2 is 1.50 bits per heavy atom. The second-order valence-corrected chi connectivity index (χ2v) is 7.08. The maximum absolute atomic E-state index is 11.7. The van der Waals surface area contributed by atoms with E-state index in [0.29, 0.717) is 20.3 Å². The van der Waals surface area contributed by atoms with E-state index >= 15 is 0 Å². The van der Waals surface area contributed by atoms with E-state index in [1.807, 2.05) is 0 Å². The zero-order valence-electron chi connectivity index (χ0n) is 13.2. The summed E-state index contributed by atoms with van der Waals surface area (Å²) >= 11 is 0. The van der Waals surface area contributed by atoms with Crippen molar-refractivity contribution in [2.45, 2.75) is 91.1 Å². The van der Waals surface area contributed by atoms with Gasteiger partial charge in [0.2, 0.25) is 0 Å². The van der Waals surface area contributed by atoms with Crippen LogP contribution in [0.1, 0.15) is 86.0 Å². The van der Waals surface area contributed by atoms with Crippen molar-refractivity contribution < 1.29 is 4.57 Å². The van der Waals surface area contributed by atoms with Crippen molar-refractivity contribution in [1.82, 2.24) is 0 Å². The van der Waals surface area contributed by atoms with Crippen LogP contribution in [0.4, 0.5) is 0 Å². The van der Waals surface area contributed by atoms with E-state index in [1.165, 1.54) is 38.5 Å². The highest BCUT2D eigenvalue weighted by Gasteiger charge is 2.38. The Balaban J connectivity index is 4.21. The van der Waals surface area contributed by atoms with E-state index in [1.54, 1.807) is 0 Å². The second-order valence-electron chi connectivity index (χ2n) is 6.06. The fourth-order valence-electron chi connectivity index (χ4n) is 2.89. The topological polar surface area (TPSA) is 17.1 Å². The van der Waals surface area contributed by atoms with Crippen LogP contribution in [-0.2, 0) is 4.57 Å². The van der Waals surface area contributed by atoms with Gasteiger partial charge in [-0.15, -0.1) is 0 Å². The van der Waals surface area contributed by atoms with Gasteiger partial charge in [0.05, 0.1) is 5.16 Å². The van der Waals surface area contributed by atoms with Crippen molar-refractivity contribution in [1.29, 1.82) is 0 Å². The molecule has 0 aliphatic heterocycles. The van der Waals surface area contributed by atoms with Crippen LogP contribution in [0, 0.1) is 11.8 Å². The molecule has 0 radical (unpaired) electrons. The van der Waals surface area contributed by atoms with Crippen LogP contribution in [0.25, 0.3) is 0 Å².